The maximum atomic E-state index is 11.9. The molecule has 170 valence electrons. The van der Waals surface area contributed by atoms with E-state index >= 15 is 0 Å². The molecule has 0 radical (unpaired) electrons. The minimum atomic E-state index is -0.375. The van der Waals surface area contributed by atoms with Gasteiger partial charge in [0, 0.05) is 6.42 Å². The highest BCUT2D eigenvalue weighted by Gasteiger charge is 2.06. The number of carbonyl (C=O) groups excluding carboxylic acids is 2. The average molecular weight is 427 g/mol. The molecule has 0 aromatic heterocycles. The summed E-state index contributed by atoms with van der Waals surface area (Å²) in [5.41, 5.74) is 4.88. The molecule has 0 bridgehead atoms. The van der Waals surface area contributed by atoms with Crippen molar-refractivity contribution in [3.8, 4) is 5.75 Å². The van der Waals surface area contributed by atoms with Crippen molar-refractivity contribution in [2.24, 2.45) is 0 Å². The van der Waals surface area contributed by atoms with Crippen molar-refractivity contribution in [2.45, 2.75) is 84.0 Å². The van der Waals surface area contributed by atoms with E-state index in [1.54, 1.807) is 0 Å². The second-order valence-electron chi connectivity index (χ2n) is 8.18. The van der Waals surface area contributed by atoms with E-state index < -0.39 is 0 Å². The molecule has 0 aliphatic carbocycles. The first-order valence-corrected chi connectivity index (χ1v) is 11.9. The lowest BCUT2D eigenvalue weighted by Crippen LogP contribution is -2.43. The van der Waals surface area contributed by atoms with Crippen molar-refractivity contribution < 1.29 is 14.3 Å². The number of fused-ring (bicyclic) bond motifs is 1. The molecular weight excluding hydrogens is 388 g/mol. The molecule has 5 nitrogen and oxygen atoms in total. The predicted molar refractivity (Wildman–Crippen MR) is 127 cm³/mol. The summed E-state index contributed by atoms with van der Waals surface area (Å²) in [5, 5.41) is 2.18. The molecule has 0 atom stereocenters. The molecule has 0 saturated carbocycles. The summed E-state index contributed by atoms with van der Waals surface area (Å²) in [4.78, 5) is 23.8. The third kappa shape index (κ3) is 10.9. The van der Waals surface area contributed by atoms with Crippen LogP contribution < -0.4 is 15.6 Å². The van der Waals surface area contributed by atoms with Gasteiger partial charge in [0.1, 0.15) is 5.75 Å². The van der Waals surface area contributed by atoms with Gasteiger partial charge in [-0.25, -0.2) is 0 Å². The quantitative estimate of drug-likeness (QED) is 0.268. The van der Waals surface area contributed by atoms with Gasteiger partial charge in [0.15, 0.2) is 6.61 Å². The number of benzene rings is 2. The number of rotatable bonds is 15. The minimum Gasteiger partial charge on any atom is -0.484 e. The number of nitrogens with one attached hydrogen (secondary N) is 2. The van der Waals surface area contributed by atoms with Crippen LogP contribution in [0.2, 0.25) is 0 Å². The fraction of sp³-hybridized carbons (Fsp3) is 0.538. The highest BCUT2D eigenvalue weighted by molar-refractivity contribution is 5.84. The van der Waals surface area contributed by atoms with Gasteiger partial charge in [0.2, 0.25) is 5.91 Å². The van der Waals surface area contributed by atoms with Crippen molar-refractivity contribution in [2.75, 3.05) is 6.61 Å². The number of ether oxygens (including phenoxy) is 1. The number of hydrogen-bond donors (Lipinski definition) is 2. The Labute approximate surface area is 186 Å². The van der Waals surface area contributed by atoms with Gasteiger partial charge in [0.25, 0.3) is 5.91 Å². The Morgan fingerprint density at radius 3 is 1.97 bits per heavy atom. The molecule has 2 N–H and O–H groups in total. The maximum Gasteiger partial charge on any atom is 0.276 e. The van der Waals surface area contributed by atoms with Crippen LogP contribution in [0.3, 0.4) is 0 Å². The molecule has 2 rings (SSSR count). The van der Waals surface area contributed by atoms with E-state index in [-0.39, 0.29) is 18.4 Å². The molecule has 0 aliphatic rings. The molecule has 2 aromatic rings. The Bertz CT molecular complexity index is 791. The second-order valence-corrected chi connectivity index (χ2v) is 8.18. The minimum absolute atomic E-state index is 0.142. The van der Waals surface area contributed by atoms with E-state index in [0.29, 0.717) is 12.2 Å². The molecule has 2 aromatic carbocycles. The van der Waals surface area contributed by atoms with Crippen LogP contribution >= 0.6 is 0 Å². The van der Waals surface area contributed by atoms with Gasteiger partial charge >= 0.3 is 0 Å². The van der Waals surface area contributed by atoms with Crippen LogP contribution in [0.25, 0.3) is 10.8 Å². The highest BCUT2D eigenvalue weighted by atomic mass is 16.5. The largest absolute Gasteiger partial charge is 0.484 e. The van der Waals surface area contributed by atoms with Crippen molar-refractivity contribution in [3.63, 3.8) is 0 Å². The topological polar surface area (TPSA) is 67.4 Å². The summed E-state index contributed by atoms with van der Waals surface area (Å²) in [7, 11) is 0. The average Bonchev–Trinajstić information content (AvgIpc) is 2.79. The zero-order chi connectivity index (χ0) is 22.2. The van der Waals surface area contributed by atoms with E-state index in [2.05, 4.69) is 17.8 Å². The summed E-state index contributed by atoms with van der Waals surface area (Å²) in [6.07, 6.45) is 14.2. The van der Waals surface area contributed by atoms with Crippen LogP contribution in [0.4, 0.5) is 0 Å². The van der Waals surface area contributed by atoms with Gasteiger partial charge in [-0.15, -0.1) is 0 Å². The Morgan fingerprint density at radius 2 is 1.29 bits per heavy atom. The molecule has 0 unspecified atom stereocenters. The first-order valence-electron chi connectivity index (χ1n) is 11.9. The molecule has 0 fully saturated rings. The zero-order valence-electron chi connectivity index (χ0n) is 19.0. The summed E-state index contributed by atoms with van der Waals surface area (Å²) < 4.78 is 5.52. The Hall–Kier alpha value is -2.56. The van der Waals surface area contributed by atoms with Gasteiger partial charge in [-0.3, -0.25) is 20.4 Å². The number of unbranched alkanes of at least 4 members (excludes halogenated alkanes) is 10. The van der Waals surface area contributed by atoms with E-state index in [1.807, 2.05) is 42.5 Å². The second kappa shape index (κ2) is 15.3. The fourth-order valence-corrected chi connectivity index (χ4v) is 3.59. The monoisotopic (exact) mass is 426 g/mol. The van der Waals surface area contributed by atoms with Gasteiger partial charge < -0.3 is 4.74 Å². The number of hydrogen-bond acceptors (Lipinski definition) is 3. The smallest absolute Gasteiger partial charge is 0.276 e. The van der Waals surface area contributed by atoms with Crippen molar-refractivity contribution in [1.29, 1.82) is 0 Å². The van der Waals surface area contributed by atoms with Gasteiger partial charge in [-0.05, 0) is 29.3 Å². The van der Waals surface area contributed by atoms with Crippen molar-refractivity contribution in [1.82, 2.24) is 10.9 Å². The highest BCUT2D eigenvalue weighted by Crippen LogP contribution is 2.20. The van der Waals surface area contributed by atoms with Crippen LogP contribution in [-0.2, 0) is 9.59 Å². The first kappa shape index (κ1) is 24.7. The Balaban J connectivity index is 1.46. The predicted octanol–water partition coefficient (Wildman–Crippen LogP) is 6.07. The maximum absolute atomic E-state index is 11.9. The Morgan fingerprint density at radius 1 is 0.710 bits per heavy atom. The summed E-state index contributed by atoms with van der Waals surface area (Å²) in [6.45, 7) is 2.10. The normalized spacial score (nSPS) is 10.7. The Kier molecular flexibility index (Phi) is 12.2. The van der Waals surface area contributed by atoms with Crippen LogP contribution in [-0.4, -0.2) is 18.4 Å². The fourth-order valence-electron chi connectivity index (χ4n) is 3.59. The van der Waals surface area contributed by atoms with Crippen LogP contribution in [0, 0.1) is 0 Å². The third-order valence-corrected chi connectivity index (χ3v) is 5.44. The number of amides is 2. The summed E-state index contributed by atoms with van der Waals surface area (Å²) in [6, 6.07) is 13.7. The zero-order valence-corrected chi connectivity index (χ0v) is 19.0. The number of hydrazine groups is 1. The molecule has 0 spiro atoms. The van der Waals surface area contributed by atoms with Crippen molar-refractivity contribution >= 4 is 22.6 Å². The van der Waals surface area contributed by atoms with Crippen LogP contribution in [0.5, 0.6) is 5.75 Å². The summed E-state index contributed by atoms with van der Waals surface area (Å²) >= 11 is 0. The van der Waals surface area contributed by atoms with E-state index in [9.17, 15) is 9.59 Å². The van der Waals surface area contributed by atoms with Crippen LogP contribution in [0.15, 0.2) is 42.5 Å². The van der Waals surface area contributed by atoms with E-state index in [4.69, 9.17) is 4.74 Å². The van der Waals surface area contributed by atoms with E-state index in [0.717, 1.165) is 23.6 Å². The SMILES string of the molecule is CCCCCCCCCCCCCC(=O)NNC(=O)COc1ccc2ccccc2c1. The molecule has 31 heavy (non-hydrogen) atoms. The van der Waals surface area contributed by atoms with Gasteiger partial charge in [-0.2, -0.15) is 0 Å². The van der Waals surface area contributed by atoms with Crippen LogP contribution in [0.1, 0.15) is 84.0 Å². The van der Waals surface area contributed by atoms with Crippen molar-refractivity contribution in [3.05, 3.63) is 42.5 Å². The lowest BCUT2D eigenvalue weighted by molar-refractivity contribution is -0.130. The molecule has 0 heterocycles. The molecule has 0 saturated heterocycles. The standard InChI is InChI=1S/C26H38N2O3/c1-2-3-4-5-6-7-8-9-10-11-12-17-25(29)27-28-26(30)21-31-24-19-18-22-15-13-14-16-23(22)20-24/h13-16,18-20H,2-12,17,21H2,1H3,(H,27,29)(H,28,30). The summed E-state index contributed by atoms with van der Waals surface area (Å²) in [5.74, 6) is 0.0940. The third-order valence-electron chi connectivity index (χ3n) is 5.44. The van der Waals surface area contributed by atoms with Gasteiger partial charge in [-0.1, -0.05) is 101 Å². The molecule has 5 heteroatoms. The number of carbonyl (C=O) groups is 2. The lowest BCUT2D eigenvalue weighted by atomic mass is 10.1. The van der Waals surface area contributed by atoms with E-state index in [1.165, 1.54) is 57.8 Å². The first-order chi connectivity index (χ1) is 15.2. The lowest BCUT2D eigenvalue weighted by Gasteiger charge is -2.09. The molecule has 2 amide bonds. The van der Waals surface area contributed by atoms with Gasteiger partial charge in [0.05, 0.1) is 0 Å². The molecular formula is C26H38N2O3. The molecule has 0 aliphatic heterocycles.